The van der Waals surface area contributed by atoms with E-state index in [9.17, 15) is 0 Å². The van der Waals surface area contributed by atoms with Crippen LogP contribution in [0.5, 0.6) is 0 Å². The van der Waals surface area contributed by atoms with Gasteiger partial charge in [0.1, 0.15) is 0 Å². The largest absolute Gasteiger partial charge is 0.363 e. The van der Waals surface area contributed by atoms with Crippen LogP contribution in [-0.4, -0.2) is 28.1 Å². The molecular weight excluding hydrogens is 230 g/mol. The van der Waals surface area contributed by atoms with Gasteiger partial charge in [0.05, 0.1) is 6.04 Å². The standard InChI is InChI=1S/C13H19N3S/c1-2-15-13(17)16-9-4-3-7-12(16)11-6-5-8-14-10-11/h5-6,8,10,12H,2-4,7,9H2,1H3,(H,15,17)/t12-/m1/s1. The summed E-state index contributed by atoms with van der Waals surface area (Å²) >= 11 is 5.44. The van der Waals surface area contributed by atoms with Gasteiger partial charge in [-0.1, -0.05) is 6.07 Å². The minimum absolute atomic E-state index is 0.393. The summed E-state index contributed by atoms with van der Waals surface area (Å²) in [5.74, 6) is 0. The van der Waals surface area contributed by atoms with E-state index in [1.54, 1.807) is 0 Å². The molecule has 0 spiro atoms. The lowest BCUT2D eigenvalue weighted by molar-refractivity contribution is 0.242. The van der Waals surface area contributed by atoms with Crippen molar-refractivity contribution >= 4 is 17.3 Å². The van der Waals surface area contributed by atoms with Gasteiger partial charge in [-0.25, -0.2) is 0 Å². The summed E-state index contributed by atoms with van der Waals surface area (Å²) in [6.07, 6.45) is 7.43. The van der Waals surface area contributed by atoms with Crippen molar-refractivity contribution in [2.24, 2.45) is 0 Å². The van der Waals surface area contributed by atoms with Gasteiger partial charge in [-0.2, -0.15) is 0 Å². The van der Waals surface area contributed by atoms with Crippen LogP contribution in [0.3, 0.4) is 0 Å². The molecule has 17 heavy (non-hydrogen) atoms. The smallest absolute Gasteiger partial charge is 0.169 e. The third-order valence-corrected chi connectivity index (χ3v) is 3.54. The lowest BCUT2D eigenvalue weighted by Gasteiger charge is -2.37. The topological polar surface area (TPSA) is 28.2 Å². The molecule has 0 bridgehead atoms. The zero-order valence-electron chi connectivity index (χ0n) is 10.2. The maximum atomic E-state index is 5.44. The molecule has 4 heteroatoms. The van der Waals surface area contributed by atoms with Crippen LogP contribution in [0, 0.1) is 0 Å². The normalized spacial score (nSPS) is 20.1. The fourth-order valence-electron chi connectivity index (χ4n) is 2.35. The molecule has 1 saturated heterocycles. The highest BCUT2D eigenvalue weighted by Crippen LogP contribution is 2.30. The lowest BCUT2D eigenvalue weighted by atomic mass is 9.97. The quantitative estimate of drug-likeness (QED) is 0.815. The summed E-state index contributed by atoms with van der Waals surface area (Å²) in [6.45, 7) is 4.01. The maximum absolute atomic E-state index is 5.44. The Hall–Kier alpha value is -1.16. The van der Waals surface area contributed by atoms with Gasteiger partial charge in [-0.15, -0.1) is 0 Å². The molecule has 3 nitrogen and oxygen atoms in total. The Morgan fingerprint density at radius 2 is 2.47 bits per heavy atom. The van der Waals surface area contributed by atoms with E-state index in [1.165, 1.54) is 18.4 Å². The van der Waals surface area contributed by atoms with Gasteiger partial charge in [0.25, 0.3) is 0 Å². The average Bonchev–Trinajstić information content (AvgIpc) is 2.40. The molecule has 1 aliphatic heterocycles. The number of thiocarbonyl (C=S) groups is 1. The number of likely N-dealkylation sites (tertiary alicyclic amines) is 1. The fraction of sp³-hybridized carbons (Fsp3) is 0.538. The van der Waals surface area contributed by atoms with Crippen molar-refractivity contribution in [1.82, 2.24) is 15.2 Å². The minimum atomic E-state index is 0.393. The van der Waals surface area contributed by atoms with E-state index < -0.39 is 0 Å². The summed E-state index contributed by atoms with van der Waals surface area (Å²) in [4.78, 5) is 6.51. The molecule has 2 heterocycles. The van der Waals surface area contributed by atoms with E-state index >= 15 is 0 Å². The molecule has 1 atom stereocenters. The Morgan fingerprint density at radius 1 is 1.59 bits per heavy atom. The molecule has 2 rings (SSSR count). The molecule has 0 aromatic carbocycles. The SMILES string of the molecule is CCNC(=S)N1CCCC[C@@H]1c1cccnc1. The van der Waals surface area contributed by atoms with E-state index in [0.29, 0.717) is 6.04 Å². The predicted molar refractivity (Wildman–Crippen MR) is 73.8 cm³/mol. The summed E-state index contributed by atoms with van der Waals surface area (Å²) in [5, 5.41) is 4.13. The second kappa shape index (κ2) is 5.96. The average molecular weight is 249 g/mol. The Kier molecular flexibility index (Phi) is 4.31. The summed E-state index contributed by atoms with van der Waals surface area (Å²) in [6, 6.07) is 4.53. The Bertz CT molecular complexity index is 366. The van der Waals surface area contributed by atoms with Crippen LogP contribution in [0.4, 0.5) is 0 Å². The van der Waals surface area contributed by atoms with E-state index in [0.717, 1.165) is 24.6 Å². The highest BCUT2D eigenvalue weighted by Gasteiger charge is 2.25. The van der Waals surface area contributed by atoms with Crippen molar-refractivity contribution in [3.8, 4) is 0 Å². The molecule has 1 N–H and O–H groups in total. The van der Waals surface area contributed by atoms with Crippen molar-refractivity contribution < 1.29 is 0 Å². The van der Waals surface area contributed by atoms with Gasteiger partial charge >= 0.3 is 0 Å². The van der Waals surface area contributed by atoms with E-state index in [2.05, 4.69) is 28.2 Å². The van der Waals surface area contributed by atoms with Crippen molar-refractivity contribution in [2.75, 3.05) is 13.1 Å². The monoisotopic (exact) mass is 249 g/mol. The number of nitrogens with one attached hydrogen (secondary N) is 1. The first kappa shape index (κ1) is 12.3. The van der Waals surface area contributed by atoms with E-state index in [1.807, 2.05) is 18.5 Å². The van der Waals surface area contributed by atoms with Gasteiger partial charge in [0, 0.05) is 25.5 Å². The molecule has 0 amide bonds. The molecule has 1 aliphatic rings. The van der Waals surface area contributed by atoms with Crippen LogP contribution >= 0.6 is 12.2 Å². The summed E-state index contributed by atoms with van der Waals surface area (Å²) in [7, 11) is 0. The molecular formula is C13H19N3S. The Balaban J connectivity index is 2.15. The molecule has 1 aromatic heterocycles. The summed E-state index contributed by atoms with van der Waals surface area (Å²) < 4.78 is 0. The van der Waals surface area contributed by atoms with Crippen LogP contribution in [0.1, 0.15) is 37.8 Å². The second-order valence-electron chi connectivity index (χ2n) is 4.33. The summed E-state index contributed by atoms with van der Waals surface area (Å²) in [5.41, 5.74) is 1.27. The predicted octanol–water partition coefficient (Wildman–Crippen LogP) is 2.50. The molecule has 0 radical (unpaired) electrons. The first-order valence-corrected chi connectivity index (χ1v) is 6.68. The first-order valence-electron chi connectivity index (χ1n) is 6.27. The van der Waals surface area contributed by atoms with Crippen molar-refractivity contribution in [3.05, 3.63) is 30.1 Å². The van der Waals surface area contributed by atoms with Gasteiger partial charge in [0.15, 0.2) is 5.11 Å². The zero-order valence-corrected chi connectivity index (χ0v) is 11.0. The number of nitrogens with zero attached hydrogens (tertiary/aromatic N) is 2. The Labute approximate surface area is 108 Å². The van der Waals surface area contributed by atoms with Crippen LogP contribution in [0.15, 0.2) is 24.5 Å². The highest BCUT2D eigenvalue weighted by atomic mass is 32.1. The molecule has 0 saturated carbocycles. The van der Waals surface area contributed by atoms with Crippen LogP contribution < -0.4 is 5.32 Å². The number of pyridine rings is 1. The number of piperidine rings is 1. The van der Waals surface area contributed by atoms with E-state index in [-0.39, 0.29) is 0 Å². The second-order valence-corrected chi connectivity index (χ2v) is 4.71. The first-order chi connectivity index (χ1) is 8.33. The third-order valence-electron chi connectivity index (χ3n) is 3.16. The Morgan fingerprint density at radius 3 is 3.18 bits per heavy atom. The number of hydrogen-bond acceptors (Lipinski definition) is 2. The van der Waals surface area contributed by atoms with Crippen LogP contribution in [0.25, 0.3) is 0 Å². The third kappa shape index (κ3) is 2.94. The van der Waals surface area contributed by atoms with Gasteiger partial charge in [-0.3, -0.25) is 4.98 Å². The molecule has 1 aromatic rings. The molecule has 0 aliphatic carbocycles. The van der Waals surface area contributed by atoms with Crippen molar-refractivity contribution in [2.45, 2.75) is 32.2 Å². The van der Waals surface area contributed by atoms with Crippen LogP contribution in [0.2, 0.25) is 0 Å². The fourth-order valence-corrected chi connectivity index (χ4v) is 2.71. The maximum Gasteiger partial charge on any atom is 0.169 e. The highest BCUT2D eigenvalue weighted by molar-refractivity contribution is 7.80. The van der Waals surface area contributed by atoms with Crippen LogP contribution in [-0.2, 0) is 0 Å². The van der Waals surface area contributed by atoms with Crippen molar-refractivity contribution in [3.63, 3.8) is 0 Å². The van der Waals surface area contributed by atoms with Gasteiger partial charge in [-0.05, 0) is 50.0 Å². The molecule has 1 fully saturated rings. The van der Waals surface area contributed by atoms with Crippen molar-refractivity contribution in [1.29, 1.82) is 0 Å². The van der Waals surface area contributed by atoms with Gasteiger partial charge < -0.3 is 10.2 Å². The number of rotatable bonds is 2. The lowest BCUT2D eigenvalue weighted by Crippen LogP contribution is -2.44. The van der Waals surface area contributed by atoms with Gasteiger partial charge in [0.2, 0.25) is 0 Å². The molecule has 92 valence electrons. The van der Waals surface area contributed by atoms with E-state index in [4.69, 9.17) is 12.2 Å². The number of aromatic nitrogens is 1. The molecule has 0 unspecified atom stereocenters. The number of hydrogen-bond donors (Lipinski definition) is 1. The zero-order chi connectivity index (χ0) is 12.1. The minimum Gasteiger partial charge on any atom is -0.363 e.